The van der Waals surface area contributed by atoms with E-state index in [1.165, 1.54) is 41.5 Å². The second kappa shape index (κ2) is 21.3. The van der Waals surface area contributed by atoms with E-state index in [0.717, 1.165) is 18.4 Å². The summed E-state index contributed by atoms with van der Waals surface area (Å²) in [7, 11) is 0. The number of unbranched alkanes of at least 4 members (excludes halogenated alkanes) is 1. The minimum atomic E-state index is -1.96. The van der Waals surface area contributed by atoms with Crippen LogP contribution in [0.5, 0.6) is 0 Å². The lowest BCUT2D eigenvalue weighted by molar-refractivity contribution is -0.196. The molecule has 1 aromatic rings. The van der Waals surface area contributed by atoms with Crippen molar-refractivity contribution in [3.8, 4) is 0 Å². The number of rotatable bonds is 20. The summed E-state index contributed by atoms with van der Waals surface area (Å²) >= 11 is 0. The van der Waals surface area contributed by atoms with Crippen molar-refractivity contribution in [2.24, 2.45) is 27.6 Å². The largest absolute Gasteiger partial charge is 0.481 e. The Balaban J connectivity index is 0.00000122. The van der Waals surface area contributed by atoms with Crippen LogP contribution < -0.4 is 0 Å². The van der Waals surface area contributed by atoms with E-state index in [1.54, 1.807) is 45.0 Å². The van der Waals surface area contributed by atoms with Crippen molar-refractivity contribution in [2.75, 3.05) is 33.0 Å². The second-order valence-electron chi connectivity index (χ2n) is 14.2. The first-order valence-corrected chi connectivity index (χ1v) is 17.0. The Kier molecular flexibility index (Phi) is 19.5. The number of carboxylic acid groups (broad SMARTS) is 1. The molecule has 1 aromatic carbocycles. The predicted molar refractivity (Wildman–Crippen MR) is 189 cm³/mol. The van der Waals surface area contributed by atoms with E-state index in [9.17, 15) is 39.0 Å². The van der Waals surface area contributed by atoms with Gasteiger partial charge in [0.1, 0.15) is 32.5 Å². The summed E-state index contributed by atoms with van der Waals surface area (Å²) in [6.45, 7) is 17.7. The number of carbonyl (C=O) groups excluding carboxylic acids is 5. The highest BCUT2D eigenvalue weighted by atomic mass is 16.6. The van der Waals surface area contributed by atoms with Crippen LogP contribution in [-0.4, -0.2) is 90.3 Å². The van der Waals surface area contributed by atoms with Crippen molar-refractivity contribution < 1.29 is 67.8 Å². The zero-order valence-corrected chi connectivity index (χ0v) is 32.2. The number of aliphatic carboxylic acids is 1. The monoisotopic (exact) mass is 738 g/mol. The van der Waals surface area contributed by atoms with Gasteiger partial charge in [-0.15, -0.1) is 0 Å². The van der Waals surface area contributed by atoms with Crippen molar-refractivity contribution in [3.63, 3.8) is 0 Å². The summed E-state index contributed by atoms with van der Waals surface area (Å²) in [6, 6.07) is 8.89. The highest BCUT2D eigenvalue weighted by molar-refractivity contribution is 5.93. The summed E-state index contributed by atoms with van der Waals surface area (Å²) in [6.07, 6.45) is 0.426. The number of esters is 5. The quantitative estimate of drug-likeness (QED) is 0.0732. The second-order valence-corrected chi connectivity index (χ2v) is 14.2. The number of aliphatic hydroxyl groups is 2. The molecule has 0 aliphatic rings. The average Bonchev–Trinajstić information content (AvgIpc) is 3.10. The van der Waals surface area contributed by atoms with E-state index >= 15 is 0 Å². The van der Waals surface area contributed by atoms with Crippen LogP contribution in [0.3, 0.4) is 0 Å². The molecule has 0 aromatic heterocycles. The topological polar surface area (TPSA) is 209 Å². The first kappa shape index (κ1) is 47.7. The van der Waals surface area contributed by atoms with Gasteiger partial charge >= 0.3 is 35.8 Å². The first-order valence-electron chi connectivity index (χ1n) is 17.0. The number of aliphatic hydroxyl groups excluding tert-OH is 2. The van der Waals surface area contributed by atoms with Crippen LogP contribution >= 0.6 is 0 Å². The molecule has 0 fully saturated rings. The first-order chi connectivity index (χ1) is 24.0. The lowest BCUT2D eigenvalue weighted by Crippen LogP contribution is -2.59. The van der Waals surface area contributed by atoms with Gasteiger partial charge in [0, 0.05) is 5.57 Å². The summed E-state index contributed by atoms with van der Waals surface area (Å²) < 4.78 is 25.3. The maximum Gasteiger partial charge on any atom is 0.333 e. The maximum absolute atomic E-state index is 13.0. The van der Waals surface area contributed by atoms with E-state index in [-0.39, 0.29) is 25.4 Å². The Morgan fingerprint density at radius 3 is 1.77 bits per heavy atom. The molecule has 0 bridgehead atoms. The van der Waals surface area contributed by atoms with Gasteiger partial charge in [0.15, 0.2) is 0 Å². The molecule has 0 aliphatic heterocycles. The number of carboxylic acids is 1. The highest BCUT2D eigenvalue weighted by Gasteiger charge is 2.64. The normalized spacial score (nSPS) is 13.8. The van der Waals surface area contributed by atoms with Gasteiger partial charge in [0.05, 0.1) is 40.8 Å². The third-order valence-corrected chi connectivity index (χ3v) is 9.35. The number of carbonyl (C=O) groups is 6. The van der Waals surface area contributed by atoms with E-state index < -0.39 is 82.7 Å². The van der Waals surface area contributed by atoms with Crippen LogP contribution in [0.2, 0.25) is 0 Å². The molecule has 14 heteroatoms. The molecule has 0 aliphatic carbocycles. The molecular weight excluding hydrogens is 680 g/mol. The molecule has 0 heterocycles. The Morgan fingerprint density at radius 2 is 1.29 bits per heavy atom. The summed E-state index contributed by atoms with van der Waals surface area (Å²) in [5.74, 6) is -5.36. The minimum Gasteiger partial charge on any atom is -0.481 e. The van der Waals surface area contributed by atoms with Gasteiger partial charge in [-0.2, -0.15) is 0 Å². The van der Waals surface area contributed by atoms with E-state index in [1.807, 2.05) is 13.0 Å². The van der Waals surface area contributed by atoms with Crippen LogP contribution in [0.25, 0.3) is 0 Å². The summed E-state index contributed by atoms with van der Waals surface area (Å²) in [5.41, 5.74) is -5.39. The minimum absolute atomic E-state index is 0.0515. The van der Waals surface area contributed by atoms with Crippen molar-refractivity contribution >= 4 is 35.8 Å². The Hall–Kier alpha value is -4.30. The van der Waals surface area contributed by atoms with E-state index in [2.05, 4.69) is 6.58 Å². The molecule has 294 valence electrons. The van der Waals surface area contributed by atoms with E-state index in [4.69, 9.17) is 28.8 Å². The molecule has 52 heavy (non-hydrogen) atoms. The number of hydrogen-bond donors (Lipinski definition) is 3. The fourth-order valence-corrected chi connectivity index (χ4v) is 4.56. The molecule has 0 saturated carbocycles. The Labute approximate surface area is 306 Å². The molecule has 0 spiro atoms. The number of benzene rings is 1. The van der Waals surface area contributed by atoms with Gasteiger partial charge in [-0.25, -0.2) is 4.79 Å². The van der Waals surface area contributed by atoms with Crippen LogP contribution in [0.4, 0.5) is 0 Å². The van der Waals surface area contributed by atoms with Crippen molar-refractivity contribution in [2.45, 2.75) is 94.8 Å². The fourth-order valence-electron chi connectivity index (χ4n) is 4.56. The van der Waals surface area contributed by atoms with Gasteiger partial charge in [-0.05, 0) is 67.4 Å². The SMILES string of the molecule is C=C(C)C(=O)OCC(O)COC(=O)C(C)(C)C(C)(C(=O)O)C(C)(C)C(=O)OCc1ccccc1.CCCCOC(=O)C(C)(C)C(C)C(=O)OCCO. The molecule has 3 N–H and O–H groups in total. The molecule has 0 amide bonds. The van der Waals surface area contributed by atoms with Crippen molar-refractivity contribution in [1.82, 2.24) is 0 Å². The summed E-state index contributed by atoms with van der Waals surface area (Å²) in [4.78, 5) is 73.3. The lowest BCUT2D eigenvalue weighted by atomic mass is 9.53. The van der Waals surface area contributed by atoms with Crippen molar-refractivity contribution in [3.05, 3.63) is 48.0 Å². The standard InChI is InChI=1S/C25H34O9.C13H24O5/c1-16(2)19(27)32-14-18(26)15-34-22(31)24(5,6)25(7,20(28)29)23(3,4)21(30)33-13-17-11-9-8-10-12-17;1-5-6-8-18-12(16)13(3,4)10(2)11(15)17-9-7-14/h8-12,18,26H,1,13-15H2,2-7H3,(H,28,29);10,14H,5-9H2,1-4H3. The molecule has 3 unspecified atom stereocenters. The van der Waals surface area contributed by atoms with Crippen LogP contribution in [0.1, 0.15) is 87.6 Å². The highest BCUT2D eigenvalue weighted by Crippen LogP contribution is 2.53. The molecular formula is C38H58O14. The third-order valence-electron chi connectivity index (χ3n) is 9.35. The average molecular weight is 739 g/mol. The third kappa shape index (κ3) is 13.0. The predicted octanol–water partition coefficient (Wildman–Crippen LogP) is 4.42. The molecule has 1 rings (SSSR count). The van der Waals surface area contributed by atoms with Crippen LogP contribution in [0.15, 0.2) is 42.5 Å². The molecule has 14 nitrogen and oxygen atoms in total. The van der Waals surface area contributed by atoms with Crippen molar-refractivity contribution in [1.29, 1.82) is 0 Å². The molecule has 0 saturated heterocycles. The molecule has 0 radical (unpaired) electrons. The van der Waals surface area contributed by atoms with Gasteiger partial charge in [-0.3, -0.25) is 24.0 Å². The Morgan fingerprint density at radius 1 is 0.769 bits per heavy atom. The lowest BCUT2D eigenvalue weighted by Gasteiger charge is -2.47. The number of ether oxygens (including phenoxy) is 5. The number of hydrogen-bond acceptors (Lipinski definition) is 13. The van der Waals surface area contributed by atoms with Crippen LogP contribution in [-0.2, 0) is 59.1 Å². The molecule has 3 atom stereocenters. The maximum atomic E-state index is 13.0. The van der Waals surface area contributed by atoms with E-state index in [0.29, 0.717) is 6.61 Å². The Bertz CT molecular complexity index is 1360. The fraction of sp³-hybridized carbons (Fsp3) is 0.632. The van der Waals surface area contributed by atoms with Gasteiger partial charge in [-0.1, -0.05) is 57.2 Å². The zero-order valence-electron chi connectivity index (χ0n) is 32.2. The van der Waals surface area contributed by atoms with Crippen LogP contribution in [0, 0.1) is 27.6 Å². The van der Waals surface area contributed by atoms with Gasteiger partial charge < -0.3 is 39.0 Å². The smallest absolute Gasteiger partial charge is 0.333 e. The zero-order chi connectivity index (χ0) is 40.5. The van der Waals surface area contributed by atoms with Gasteiger partial charge in [0.25, 0.3) is 0 Å². The van der Waals surface area contributed by atoms with Gasteiger partial charge in [0.2, 0.25) is 0 Å². The summed E-state index contributed by atoms with van der Waals surface area (Å²) in [5, 5.41) is 28.7.